The molecule has 1 fully saturated rings. The molecule has 2 aromatic carbocycles. The Morgan fingerprint density at radius 1 is 0.941 bits per heavy atom. The van der Waals surface area contributed by atoms with E-state index in [1.807, 2.05) is 56.3 Å². The van der Waals surface area contributed by atoms with E-state index in [9.17, 15) is 18.9 Å². The SMILES string of the molecule is CO[P+](=O)C(Cc1ccc(Cc2ccccc2)cc1)C(CC(C)C)C(=O)ON1C(=O)CCC1=O. The van der Waals surface area contributed by atoms with Gasteiger partial charge in [0, 0.05) is 19.3 Å². The van der Waals surface area contributed by atoms with Crippen LogP contribution in [0.1, 0.15) is 49.8 Å². The number of hydroxylamine groups is 2. The molecule has 8 heteroatoms. The summed E-state index contributed by atoms with van der Waals surface area (Å²) in [5.74, 6) is -2.51. The van der Waals surface area contributed by atoms with Crippen LogP contribution >= 0.6 is 8.03 Å². The van der Waals surface area contributed by atoms with Crippen LogP contribution in [0.2, 0.25) is 0 Å². The van der Waals surface area contributed by atoms with Crippen LogP contribution in [0.15, 0.2) is 54.6 Å². The van der Waals surface area contributed by atoms with Crippen LogP contribution in [0.4, 0.5) is 0 Å². The zero-order valence-corrected chi connectivity index (χ0v) is 20.7. The van der Waals surface area contributed by atoms with Gasteiger partial charge in [-0.25, -0.2) is 4.79 Å². The fourth-order valence-corrected chi connectivity index (χ4v) is 5.27. The lowest BCUT2D eigenvalue weighted by Gasteiger charge is -2.22. The highest BCUT2D eigenvalue weighted by Crippen LogP contribution is 2.39. The number of nitrogens with zero attached hydrogens (tertiary/aromatic N) is 1. The third-order valence-corrected chi connectivity index (χ3v) is 7.29. The number of benzene rings is 2. The highest BCUT2D eigenvalue weighted by atomic mass is 31.1. The number of carbonyl (C=O) groups is 3. The van der Waals surface area contributed by atoms with E-state index in [-0.39, 0.29) is 18.8 Å². The third-order valence-electron chi connectivity index (χ3n) is 5.85. The Bertz CT molecular complexity index is 1010. The van der Waals surface area contributed by atoms with E-state index in [1.54, 1.807) is 0 Å². The van der Waals surface area contributed by atoms with Gasteiger partial charge < -0.3 is 4.84 Å². The van der Waals surface area contributed by atoms with Crippen LogP contribution in [0.25, 0.3) is 0 Å². The zero-order chi connectivity index (χ0) is 24.7. The largest absolute Gasteiger partial charge is 0.512 e. The maximum atomic E-state index is 13.1. The summed E-state index contributed by atoms with van der Waals surface area (Å²) in [6.45, 7) is 3.89. The first kappa shape index (κ1) is 25.7. The Morgan fingerprint density at radius 3 is 2.06 bits per heavy atom. The molecule has 3 atom stereocenters. The molecule has 0 saturated carbocycles. The van der Waals surface area contributed by atoms with Crippen molar-refractivity contribution in [2.45, 2.75) is 51.6 Å². The third kappa shape index (κ3) is 6.81. The average molecular weight is 485 g/mol. The summed E-state index contributed by atoms with van der Waals surface area (Å²) in [5.41, 5.74) is 2.60. The number of imide groups is 1. The molecule has 1 saturated heterocycles. The first-order valence-electron chi connectivity index (χ1n) is 11.5. The van der Waals surface area contributed by atoms with Crippen LogP contribution in [0.5, 0.6) is 0 Å². The van der Waals surface area contributed by atoms with Crippen LogP contribution in [-0.2, 0) is 41.2 Å². The van der Waals surface area contributed by atoms with Gasteiger partial charge in [-0.15, -0.1) is 9.59 Å². The van der Waals surface area contributed by atoms with Crippen molar-refractivity contribution in [2.24, 2.45) is 11.8 Å². The van der Waals surface area contributed by atoms with Crippen LogP contribution in [0, 0.1) is 11.8 Å². The summed E-state index contributed by atoms with van der Waals surface area (Å²) in [6.07, 6.45) is 1.56. The summed E-state index contributed by atoms with van der Waals surface area (Å²) in [5, 5.41) is 0.547. The molecular weight excluding hydrogens is 453 g/mol. The number of amides is 2. The van der Waals surface area contributed by atoms with Gasteiger partial charge in [0.1, 0.15) is 5.92 Å². The molecule has 1 aliphatic heterocycles. The van der Waals surface area contributed by atoms with Crippen molar-refractivity contribution in [3.63, 3.8) is 0 Å². The fourth-order valence-electron chi connectivity index (χ4n) is 4.10. The molecule has 3 unspecified atom stereocenters. The molecule has 2 amide bonds. The number of rotatable bonds is 11. The molecule has 0 N–H and O–H groups in total. The van der Waals surface area contributed by atoms with Gasteiger partial charge in [0.2, 0.25) is 5.66 Å². The first-order chi connectivity index (χ1) is 16.3. The van der Waals surface area contributed by atoms with E-state index in [4.69, 9.17) is 9.36 Å². The lowest BCUT2D eigenvalue weighted by Crippen LogP contribution is -2.38. The van der Waals surface area contributed by atoms with Gasteiger partial charge in [-0.1, -0.05) is 68.4 Å². The Balaban J connectivity index is 1.78. The monoisotopic (exact) mass is 484 g/mol. The summed E-state index contributed by atoms with van der Waals surface area (Å²) in [4.78, 5) is 42.1. The smallest absolute Gasteiger partial charge is 0.330 e. The van der Waals surface area contributed by atoms with E-state index in [2.05, 4.69) is 12.1 Å². The standard InChI is InChI=1S/C26H31NO6P/c1-18(2)15-22(26(30)33-27-24(28)13-14-25(27)29)23(34(31)32-3)17-21-11-9-20(10-12-21)16-19-7-5-4-6-8-19/h4-12,18,22-23H,13-17H2,1-3H3/q+1. The predicted molar refractivity (Wildman–Crippen MR) is 128 cm³/mol. The lowest BCUT2D eigenvalue weighted by molar-refractivity contribution is -0.201. The van der Waals surface area contributed by atoms with Gasteiger partial charge >= 0.3 is 14.0 Å². The highest BCUT2D eigenvalue weighted by molar-refractivity contribution is 7.40. The van der Waals surface area contributed by atoms with Gasteiger partial charge in [-0.3, -0.25) is 9.59 Å². The fraction of sp³-hybridized carbons (Fsp3) is 0.423. The van der Waals surface area contributed by atoms with Crippen molar-refractivity contribution in [1.82, 2.24) is 5.06 Å². The van der Waals surface area contributed by atoms with Gasteiger partial charge in [-0.2, -0.15) is 0 Å². The van der Waals surface area contributed by atoms with E-state index in [1.165, 1.54) is 12.7 Å². The minimum atomic E-state index is -2.19. The molecule has 1 heterocycles. The summed E-state index contributed by atoms with van der Waals surface area (Å²) >= 11 is 0. The molecule has 1 aliphatic rings. The average Bonchev–Trinajstić information content (AvgIpc) is 3.14. The van der Waals surface area contributed by atoms with Gasteiger partial charge in [-0.05, 0) is 40.0 Å². The Morgan fingerprint density at radius 2 is 1.50 bits per heavy atom. The maximum absolute atomic E-state index is 13.1. The van der Waals surface area contributed by atoms with Crippen molar-refractivity contribution in [2.75, 3.05) is 7.11 Å². The number of hydrogen-bond donors (Lipinski definition) is 0. The summed E-state index contributed by atoms with van der Waals surface area (Å²) in [7, 11) is -0.847. The van der Waals surface area contributed by atoms with Crippen molar-refractivity contribution in [1.29, 1.82) is 0 Å². The lowest BCUT2D eigenvalue weighted by atomic mass is 9.90. The normalized spacial score (nSPS) is 16.0. The molecule has 0 bridgehead atoms. The molecular formula is C26H31NO6P+. The minimum absolute atomic E-state index is 0.0199. The van der Waals surface area contributed by atoms with Crippen LogP contribution < -0.4 is 0 Å². The number of hydrogen-bond acceptors (Lipinski definition) is 6. The van der Waals surface area contributed by atoms with Crippen LogP contribution in [0.3, 0.4) is 0 Å². The van der Waals surface area contributed by atoms with Crippen molar-refractivity contribution in [3.8, 4) is 0 Å². The molecule has 180 valence electrons. The summed E-state index contributed by atoms with van der Waals surface area (Å²) in [6, 6.07) is 18.1. The van der Waals surface area contributed by atoms with Crippen molar-refractivity contribution < 1.29 is 28.3 Å². The second-order valence-corrected chi connectivity index (χ2v) is 10.5. The molecule has 2 aromatic rings. The van der Waals surface area contributed by atoms with Gasteiger partial charge in [0.25, 0.3) is 11.8 Å². The topological polar surface area (TPSA) is 90.0 Å². The van der Waals surface area contributed by atoms with E-state index in [0.717, 1.165) is 17.5 Å². The number of carbonyl (C=O) groups excluding carboxylic acids is 3. The molecule has 0 radical (unpaired) electrons. The first-order valence-corrected chi connectivity index (χ1v) is 12.7. The molecule has 0 aliphatic carbocycles. The second kappa shape index (κ2) is 12.0. The Kier molecular flexibility index (Phi) is 9.08. The van der Waals surface area contributed by atoms with Crippen molar-refractivity contribution >= 4 is 25.8 Å². The van der Waals surface area contributed by atoms with Gasteiger partial charge in [0.15, 0.2) is 0 Å². The second-order valence-electron chi connectivity index (χ2n) is 8.95. The predicted octanol–water partition coefficient (Wildman–Crippen LogP) is 4.85. The zero-order valence-electron chi connectivity index (χ0n) is 19.8. The summed E-state index contributed by atoms with van der Waals surface area (Å²) < 4.78 is 18.1. The molecule has 0 spiro atoms. The van der Waals surface area contributed by atoms with Crippen LogP contribution in [-0.4, -0.2) is 35.6 Å². The quantitative estimate of drug-likeness (QED) is 0.335. The molecule has 0 aromatic heterocycles. The molecule has 3 rings (SSSR count). The Hall–Kier alpha value is -2.89. The van der Waals surface area contributed by atoms with Crippen molar-refractivity contribution in [3.05, 3.63) is 71.3 Å². The highest BCUT2D eigenvalue weighted by Gasteiger charge is 2.46. The Labute approximate surface area is 201 Å². The molecule has 34 heavy (non-hydrogen) atoms. The van der Waals surface area contributed by atoms with E-state index in [0.29, 0.717) is 17.9 Å². The maximum Gasteiger partial charge on any atom is 0.512 e. The van der Waals surface area contributed by atoms with E-state index < -0.39 is 37.4 Å². The molecule has 7 nitrogen and oxygen atoms in total. The minimum Gasteiger partial charge on any atom is -0.330 e. The van der Waals surface area contributed by atoms with E-state index >= 15 is 0 Å². The van der Waals surface area contributed by atoms with Gasteiger partial charge in [0.05, 0.1) is 7.11 Å².